The van der Waals surface area contributed by atoms with Gasteiger partial charge in [0.2, 0.25) is 0 Å². The second-order valence-electron chi connectivity index (χ2n) is 10.3. The van der Waals surface area contributed by atoms with Crippen LogP contribution >= 0.6 is 0 Å². The molecule has 38 heavy (non-hydrogen) atoms. The Hall–Kier alpha value is -1.79. The van der Waals surface area contributed by atoms with E-state index < -0.39 is 59.8 Å². The molecule has 0 spiro atoms. The molecular formula is C27H33KO10. The standard InChI is InChI=1S/C27H34O10.K/c1-16-4-7-19-26(2,18(16)6-5-17-13-15-35-25(17)34)14-12-20(36-23(32)10-8-21(28)29)27(19,3)37-24(33)11-9-22(30)31;/h5-6,13,18-20H,1,4,7-12,14-15H2,2-3H3,(H,28,29)(H,30,31);/q;+1/p-1/b6-5+;/t18-,19+,20-,26+,27+;/m1./s1. The van der Waals surface area contributed by atoms with E-state index in [1.807, 2.05) is 6.08 Å². The van der Waals surface area contributed by atoms with E-state index in [9.17, 15) is 29.1 Å². The van der Waals surface area contributed by atoms with Gasteiger partial charge in [0, 0.05) is 17.8 Å². The van der Waals surface area contributed by atoms with Gasteiger partial charge in [-0.25, -0.2) is 4.79 Å². The van der Waals surface area contributed by atoms with Crippen molar-refractivity contribution in [3.8, 4) is 0 Å². The van der Waals surface area contributed by atoms with Gasteiger partial charge in [0.1, 0.15) is 18.3 Å². The number of esters is 3. The number of ether oxygens (including phenoxy) is 3. The monoisotopic (exact) mass is 556 g/mol. The number of carbonyl (C=O) groups excluding carboxylic acids is 4. The first-order valence-corrected chi connectivity index (χ1v) is 12.4. The molecule has 0 aromatic heterocycles. The molecule has 0 amide bonds. The number of fused-ring (bicyclic) bond motifs is 1. The van der Waals surface area contributed by atoms with Crippen molar-refractivity contribution in [2.45, 2.75) is 76.9 Å². The third kappa shape index (κ3) is 7.44. The molecule has 11 heteroatoms. The summed E-state index contributed by atoms with van der Waals surface area (Å²) in [5.41, 5.74) is -0.356. The molecule has 202 valence electrons. The Morgan fingerprint density at radius 2 is 1.84 bits per heavy atom. The first kappa shape index (κ1) is 32.4. The molecule has 0 unspecified atom stereocenters. The van der Waals surface area contributed by atoms with Gasteiger partial charge < -0.3 is 29.2 Å². The fraction of sp³-hybridized carbons (Fsp3) is 0.593. The van der Waals surface area contributed by atoms with Crippen LogP contribution in [0.4, 0.5) is 0 Å². The quantitative estimate of drug-likeness (QED) is 0.154. The average Bonchev–Trinajstić information content (AvgIpc) is 3.22. The minimum absolute atomic E-state index is 0. The Morgan fingerprint density at radius 3 is 2.45 bits per heavy atom. The Balaban J connectivity index is 0.00000507. The largest absolute Gasteiger partial charge is 1.00 e. The fourth-order valence-electron chi connectivity index (χ4n) is 6.03. The number of hydrogen-bond donors (Lipinski definition) is 1. The molecular weight excluding hydrogens is 523 g/mol. The molecule has 1 aliphatic heterocycles. The van der Waals surface area contributed by atoms with Crippen LogP contribution in [-0.4, -0.2) is 53.3 Å². The Kier molecular flexibility index (Phi) is 11.5. The van der Waals surface area contributed by atoms with Crippen LogP contribution in [0.3, 0.4) is 0 Å². The van der Waals surface area contributed by atoms with Crippen LogP contribution < -0.4 is 56.5 Å². The Morgan fingerprint density at radius 1 is 1.16 bits per heavy atom. The predicted molar refractivity (Wildman–Crippen MR) is 126 cm³/mol. The molecule has 0 aromatic rings. The van der Waals surface area contributed by atoms with Crippen LogP contribution in [0.1, 0.15) is 65.2 Å². The van der Waals surface area contributed by atoms with Crippen molar-refractivity contribution in [3.05, 3.63) is 36.0 Å². The Bertz CT molecular complexity index is 1050. The van der Waals surface area contributed by atoms with Crippen LogP contribution in [0.5, 0.6) is 0 Å². The molecule has 3 aliphatic rings. The van der Waals surface area contributed by atoms with E-state index in [0.717, 1.165) is 5.57 Å². The summed E-state index contributed by atoms with van der Waals surface area (Å²) in [6.07, 6.45) is 4.97. The van der Waals surface area contributed by atoms with E-state index in [1.165, 1.54) is 0 Å². The first-order chi connectivity index (χ1) is 17.4. The summed E-state index contributed by atoms with van der Waals surface area (Å²) in [7, 11) is 0. The zero-order valence-corrected chi connectivity index (χ0v) is 25.3. The van der Waals surface area contributed by atoms with Crippen molar-refractivity contribution in [1.82, 2.24) is 0 Å². The maximum absolute atomic E-state index is 12.7. The van der Waals surface area contributed by atoms with Gasteiger partial charge in [0.25, 0.3) is 0 Å². The van der Waals surface area contributed by atoms with E-state index in [2.05, 4.69) is 13.5 Å². The smallest absolute Gasteiger partial charge is 0.550 e. The summed E-state index contributed by atoms with van der Waals surface area (Å²) < 4.78 is 16.6. The number of carbonyl (C=O) groups is 5. The second kappa shape index (κ2) is 13.5. The summed E-state index contributed by atoms with van der Waals surface area (Å²) in [6, 6.07) is 0. The summed E-state index contributed by atoms with van der Waals surface area (Å²) in [5, 5.41) is 19.8. The summed E-state index contributed by atoms with van der Waals surface area (Å²) in [5.74, 6) is -4.85. The summed E-state index contributed by atoms with van der Waals surface area (Å²) >= 11 is 0. The molecule has 0 radical (unpaired) electrons. The number of allylic oxidation sites excluding steroid dienone is 2. The zero-order valence-electron chi connectivity index (χ0n) is 22.2. The van der Waals surface area contributed by atoms with Crippen molar-refractivity contribution in [2.24, 2.45) is 17.3 Å². The number of rotatable bonds is 10. The van der Waals surface area contributed by atoms with Crippen LogP contribution in [0.2, 0.25) is 0 Å². The molecule has 0 bridgehead atoms. The van der Waals surface area contributed by atoms with Gasteiger partial charge in [-0.3, -0.25) is 14.4 Å². The van der Waals surface area contributed by atoms with Crippen LogP contribution in [0.25, 0.3) is 0 Å². The number of aliphatic carboxylic acids is 2. The molecule has 1 heterocycles. The number of cyclic esters (lactones) is 1. The third-order valence-electron chi connectivity index (χ3n) is 7.88. The van der Waals surface area contributed by atoms with E-state index in [0.29, 0.717) is 31.3 Å². The number of carboxylic acid groups (broad SMARTS) is 2. The molecule has 5 atom stereocenters. The van der Waals surface area contributed by atoms with Gasteiger partial charge in [0.15, 0.2) is 0 Å². The van der Waals surface area contributed by atoms with Crippen LogP contribution in [-0.2, 0) is 38.2 Å². The summed E-state index contributed by atoms with van der Waals surface area (Å²) in [6.45, 7) is 8.22. The molecule has 0 aromatic carbocycles. The van der Waals surface area contributed by atoms with Crippen molar-refractivity contribution < 1.29 is 99.8 Å². The maximum atomic E-state index is 12.7. The minimum atomic E-state index is -1.38. The number of carboxylic acids is 2. The molecule has 2 fully saturated rings. The summed E-state index contributed by atoms with van der Waals surface area (Å²) in [4.78, 5) is 58.8. The first-order valence-electron chi connectivity index (χ1n) is 12.4. The second-order valence-corrected chi connectivity index (χ2v) is 10.3. The van der Waals surface area contributed by atoms with Crippen molar-refractivity contribution in [2.75, 3.05) is 6.61 Å². The number of hydrogen-bond acceptors (Lipinski definition) is 9. The van der Waals surface area contributed by atoms with Crippen molar-refractivity contribution in [1.29, 1.82) is 0 Å². The van der Waals surface area contributed by atoms with Crippen molar-refractivity contribution >= 4 is 29.8 Å². The topological polar surface area (TPSA) is 156 Å². The molecule has 10 nitrogen and oxygen atoms in total. The normalized spacial score (nSPS) is 30.5. The van der Waals surface area contributed by atoms with E-state index in [4.69, 9.17) is 19.3 Å². The van der Waals surface area contributed by atoms with Gasteiger partial charge in [0.05, 0.1) is 24.8 Å². The fourth-order valence-corrected chi connectivity index (χ4v) is 6.03. The van der Waals surface area contributed by atoms with Gasteiger partial charge in [-0.05, 0) is 50.5 Å². The van der Waals surface area contributed by atoms with Gasteiger partial charge in [-0.2, -0.15) is 0 Å². The SMILES string of the molecule is C=C1CC[C@H]2[C@@](C)(CC[C@@H](OC(=O)CCC(=O)[O-])[C@@]2(C)OC(=O)CCC(=O)O)[C@@H]1/C=C/C1=CCOC1=O.[K+]. The van der Waals surface area contributed by atoms with E-state index >= 15 is 0 Å². The third-order valence-corrected chi connectivity index (χ3v) is 7.88. The average molecular weight is 557 g/mol. The minimum Gasteiger partial charge on any atom is -0.550 e. The van der Waals surface area contributed by atoms with Gasteiger partial charge >= 0.3 is 75.3 Å². The van der Waals surface area contributed by atoms with Gasteiger partial charge in [-0.1, -0.05) is 31.2 Å². The molecule has 3 rings (SSSR count). The molecule has 2 saturated carbocycles. The predicted octanol–water partition coefficient (Wildman–Crippen LogP) is -0.979. The van der Waals surface area contributed by atoms with Crippen molar-refractivity contribution in [3.63, 3.8) is 0 Å². The zero-order chi connectivity index (χ0) is 27.4. The molecule has 1 N–H and O–H groups in total. The van der Waals surface area contributed by atoms with Crippen LogP contribution in [0.15, 0.2) is 36.0 Å². The van der Waals surface area contributed by atoms with Crippen LogP contribution in [0, 0.1) is 17.3 Å². The molecule has 0 saturated heterocycles. The Labute approximate surface area is 264 Å². The van der Waals surface area contributed by atoms with E-state index in [1.54, 1.807) is 19.1 Å². The van der Waals surface area contributed by atoms with Gasteiger partial charge in [-0.15, -0.1) is 0 Å². The maximum Gasteiger partial charge on any atom is 1.00 e. The molecule has 2 aliphatic carbocycles. The van der Waals surface area contributed by atoms with E-state index in [-0.39, 0.29) is 82.7 Å².